The average Bonchev–Trinajstić information content (AvgIpc) is 2.29. The van der Waals surface area contributed by atoms with Crippen molar-refractivity contribution in [3.05, 3.63) is 28.2 Å². The standard InChI is InChI=1S/C13H20BrNOS/c1-13(2,9-15-6-7-17)11-8-10(14)4-5-12(11)16-3/h4-5,8,15,17H,6-7,9H2,1-3H3. The summed E-state index contributed by atoms with van der Waals surface area (Å²) in [6, 6.07) is 6.13. The predicted molar refractivity (Wildman–Crippen MR) is 80.4 cm³/mol. The molecule has 0 saturated carbocycles. The number of benzene rings is 1. The number of hydrogen-bond acceptors (Lipinski definition) is 3. The maximum Gasteiger partial charge on any atom is 0.122 e. The van der Waals surface area contributed by atoms with E-state index < -0.39 is 0 Å². The lowest BCUT2D eigenvalue weighted by molar-refractivity contribution is 0.387. The minimum Gasteiger partial charge on any atom is -0.496 e. The van der Waals surface area contributed by atoms with E-state index in [2.05, 4.69) is 53.8 Å². The molecule has 1 aromatic carbocycles. The van der Waals surface area contributed by atoms with E-state index in [-0.39, 0.29) is 5.41 Å². The Kier molecular flexibility index (Phi) is 5.83. The fourth-order valence-corrected chi connectivity index (χ4v) is 2.30. The molecule has 0 unspecified atom stereocenters. The fraction of sp³-hybridized carbons (Fsp3) is 0.538. The molecule has 0 bridgehead atoms. The second kappa shape index (κ2) is 6.66. The molecule has 0 amide bonds. The molecule has 0 fully saturated rings. The molecule has 96 valence electrons. The van der Waals surface area contributed by atoms with Crippen molar-refractivity contribution < 1.29 is 4.74 Å². The minimum atomic E-state index is 0.0259. The predicted octanol–water partition coefficient (Wildman–Crippen LogP) is 3.25. The molecule has 1 N–H and O–H groups in total. The number of ether oxygens (including phenoxy) is 1. The molecular formula is C13H20BrNOS. The second-order valence-electron chi connectivity index (χ2n) is 4.63. The Balaban J connectivity index is 2.91. The van der Waals surface area contributed by atoms with Crippen LogP contribution in [0.2, 0.25) is 0 Å². The fourth-order valence-electron chi connectivity index (χ4n) is 1.78. The Morgan fingerprint density at radius 2 is 2.12 bits per heavy atom. The Labute approximate surface area is 118 Å². The molecule has 0 aliphatic rings. The Morgan fingerprint density at radius 1 is 1.41 bits per heavy atom. The monoisotopic (exact) mass is 317 g/mol. The van der Waals surface area contributed by atoms with Crippen LogP contribution < -0.4 is 10.1 Å². The van der Waals surface area contributed by atoms with Crippen LogP contribution in [-0.4, -0.2) is 26.0 Å². The summed E-state index contributed by atoms with van der Waals surface area (Å²) in [6.07, 6.45) is 0. The maximum absolute atomic E-state index is 5.43. The first-order valence-corrected chi connectivity index (χ1v) is 7.09. The minimum absolute atomic E-state index is 0.0259. The molecular weight excluding hydrogens is 298 g/mol. The highest BCUT2D eigenvalue weighted by atomic mass is 79.9. The van der Waals surface area contributed by atoms with E-state index in [0.29, 0.717) is 0 Å². The number of halogens is 1. The van der Waals surface area contributed by atoms with Gasteiger partial charge in [-0.3, -0.25) is 0 Å². The Morgan fingerprint density at radius 3 is 2.71 bits per heavy atom. The van der Waals surface area contributed by atoms with Gasteiger partial charge in [0.1, 0.15) is 5.75 Å². The van der Waals surface area contributed by atoms with E-state index >= 15 is 0 Å². The van der Waals surface area contributed by atoms with E-state index in [1.807, 2.05) is 12.1 Å². The van der Waals surface area contributed by atoms with Gasteiger partial charge in [-0.1, -0.05) is 29.8 Å². The van der Waals surface area contributed by atoms with Crippen molar-refractivity contribution in [3.63, 3.8) is 0 Å². The topological polar surface area (TPSA) is 21.3 Å². The van der Waals surface area contributed by atoms with Crippen LogP contribution in [0.15, 0.2) is 22.7 Å². The van der Waals surface area contributed by atoms with Gasteiger partial charge in [0.25, 0.3) is 0 Å². The average molecular weight is 318 g/mol. The number of thiol groups is 1. The lowest BCUT2D eigenvalue weighted by Gasteiger charge is -2.27. The molecule has 2 nitrogen and oxygen atoms in total. The number of hydrogen-bond donors (Lipinski definition) is 2. The largest absolute Gasteiger partial charge is 0.496 e. The molecule has 0 heterocycles. The van der Waals surface area contributed by atoms with Crippen molar-refractivity contribution in [2.24, 2.45) is 0 Å². The molecule has 0 aliphatic carbocycles. The molecule has 0 spiro atoms. The van der Waals surface area contributed by atoms with Crippen molar-refractivity contribution in [1.29, 1.82) is 0 Å². The first-order valence-electron chi connectivity index (χ1n) is 5.67. The summed E-state index contributed by atoms with van der Waals surface area (Å²) >= 11 is 7.71. The van der Waals surface area contributed by atoms with Gasteiger partial charge in [0.05, 0.1) is 7.11 Å². The molecule has 0 aliphatic heterocycles. The number of nitrogens with one attached hydrogen (secondary N) is 1. The zero-order chi connectivity index (χ0) is 12.9. The highest BCUT2D eigenvalue weighted by Crippen LogP contribution is 2.33. The normalized spacial score (nSPS) is 11.6. The molecule has 1 aromatic rings. The summed E-state index contributed by atoms with van der Waals surface area (Å²) < 4.78 is 6.51. The van der Waals surface area contributed by atoms with Crippen LogP contribution in [0.5, 0.6) is 5.75 Å². The van der Waals surface area contributed by atoms with Crippen LogP contribution in [0.1, 0.15) is 19.4 Å². The summed E-state index contributed by atoms with van der Waals surface area (Å²) in [6.45, 7) is 6.24. The van der Waals surface area contributed by atoms with Crippen molar-refractivity contribution >= 4 is 28.6 Å². The third-order valence-electron chi connectivity index (χ3n) is 2.75. The van der Waals surface area contributed by atoms with Crippen LogP contribution in [-0.2, 0) is 5.41 Å². The van der Waals surface area contributed by atoms with Crippen molar-refractivity contribution in [1.82, 2.24) is 5.32 Å². The summed E-state index contributed by atoms with van der Waals surface area (Å²) in [5.74, 6) is 1.79. The van der Waals surface area contributed by atoms with Gasteiger partial charge in [0.15, 0.2) is 0 Å². The number of methoxy groups -OCH3 is 1. The quantitative estimate of drug-likeness (QED) is 0.621. The van der Waals surface area contributed by atoms with E-state index in [9.17, 15) is 0 Å². The van der Waals surface area contributed by atoms with Crippen LogP contribution >= 0.6 is 28.6 Å². The van der Waals surface area contributed by atoms with Crippen molar-refractivity contribution in [2.75, 3.05) is 26.0 Å². The summed E-state index contributed by atoms with van der Waals surface area (Å²) in [5.41, 5.74) is 1.24. The van der Waals surface area contributed by atoms with Crippen LogP contribution in [0.25, 0.3) is 0 Å². The van der Waals surface area contributed by atoms with Gasteiger partial charge in [0.2, 0.25) is 0 Å². The molecule has 0 atom stereocenters. The first-order chi connectivity index (χ1) is 8.01. The van der Waals surface area contributed by atoms with Crippen LogP contribution in [0.4, 0.5) is 0 Å². The van der Waals surface area contributed by atoms with E-state index in [1.165, 1.54) is 5.56 Å². The van der Waals surface area contributed by atoms with Crippen LogP contribution in [0, 0.1) is 0 Å². The maximum atomic E-state index is 5.43. The van der Waals surface area contributed by atoms with Crippen LogP contribution in [0.3, 0.4) is 0 Å². The van der Waals surface area contributed by atoms with Gasteiger partial charge < -0.3 is 10.1 Å². The molecule has 1 rings (SSSR count). The first kappa shape index (κ1) is 14.9. The van der Waals surface area contributed by atoms with Gasteiger partial charge >= 0.3 is 0 Å². The zero-order valence-electron chi connectivity index (χ0n) is 10.6. The highest BCUT2D eigenvalue weighted by Gasteiger charge is 2.24. The summed E-state index contributed by atoms with van der Waals surface area (Å²) in [5, 5.41) is 3.40. The SMILES string of the molecule is COc1ccc(Br)cc1C(C)(C)CNCCS. The third-order valence-corrected chi connectivity index (χ3v) is 3.46. The van der Waals surface area contributed by atoms with Gasteiger partial charge in [-0.25, -0.2) is 0 Å². The van der Waals surface area contributed by atoms with Gasteiger partial charge in [-0.2, -0.15) is 12.6 Å². The van der Waals surface area contributed by atoms with E-state index in [4.69, 9.17) is 4.74 Å². The smallest absolute Gasteiger partial charge is 0.122 e. The van der Waals surface area contributed by atoms with E-state index in [1.54, 1.807) is 7.11 Å². The van der Waals surface area contributed by atoms with Gasteiger partial charge in [-0.05, 0) is 18.2 Å². The molecule has 17 heavy (non-hydrogen) atoms. The highest BCUT2D eigenvalue weighted by molar-refractivity contribution is 9.10. The lowest BCUT2D eigenvalue weighted by atomic mass is 9.84. The Bertz CT molecular complexity index is 368. The Hall–Kier alpha value is -0.190. The molecule has 0 aromatic heterocycles. The van der Waals surface area contributed by atoms with E-state index in [0.717, 1.165) is 29.1 Å². The zero-order valence-corrected chi connectivity index (χ0v) is 13.1. The van der Waals surface area contributed by atoms with Crippen molar-refractivity contribution in [2.45, 2.75) is 19.3 Å². The second-order valence-corrected chi connectivity index (χ2v) is 5.99. The summed E-state index contributed by atoms with van der Waals surface area (Å²) in [4.78, 5) is 0. The van der Waals surface area contributed by atoms with Gasteiger partial charge in [-0.15, -0.1) is 0 Å². The number of rotatable bonds is 6. The lowest BCUT2D eigenvalue weighted by Crippen LogP contribution is -2.34. The third kappa shape index (κ3) is 4.19. The molecule has 0 radical (unpaired) electrons. The van der Waals surface area contributed by atoms with Gasteiger partial charge in [0, 0.05) is 34.3 Å². The molecule has 4 heteroatoms. The summed E-state index contributed by atoms with van der Waals surface area (Å²) in [7, 11) is 1.71. The van der Waals surface area contributed by atoms with Crippen molar-refractivity contribution in [3.8, 4) is 5.75 Å². The molecule has 0 saturated heterocycles.